The largest absolute Gasteiger partial charge is 0.491 e. The normalized spacial score (nSPS) is 24.2. The molecule has 5 heteroatoms. The minimum atomic E-state index is -0.906. The Labute approximate surface area is 121 Å². The van der Waals surface area contributed by atoms with Crippen molar-refractivity contribution in [3.63, 3.8) is 0 Å². The zero-order valence-corrected chi connectivity index (χ0v) is 12.7. The van der Waals surface area contributed by atoms with E-state index in [4.69, 9.17) is 14.2 Å². The molecule has 2 rings (SSSR count). The Bertz CT molecular complexity index is 399. The molecule has 1 aromatic rings. The van der Waals surface area contributed by atoms with Crippen LogP contribution in [0.2, 0.25) is 0 Å². The molecule has 106 valence electrons. The Morgan fingerprint density at radius 2 is 2.00 bits per heavy atom. The second-order valence-corrected chi connectivity index (χ2v) is 6.12. The van der Waals surface area contributed by atoms with Crippen molar-refractivity contribution in [1.29, 1.82) is 0 Å². The van der Waals surface area contributed by atoms with Gasteiger partial charge in [-0.2, -0.15) is 0 Å². The summed E-state index contributed by atoms with van der Waals surface area (Å²) in [4.78, 5) is 0. The van der Waals surface area contributed by atoms with Gasteiger partial charge >= 0.3 is 0 Å². The maximum atomic E-state index is 9.92. The first-order chi connectivity index (χ1) is 8.95. The molecule has 1 aliphatic heterocycles. The average molecular weight is 331 g/mol. The molecule has 1 N–H and O–H groups in total. The van der Waals surface area contributed by atoms with Crippen LogP contribution in [0.3, 0.4) is 0 Å². The lowest BCUT2D eigenvalue weighted by Crippen LogP contribution is -2.49. The van der Waals surface area contributed by atoms with Crippen molar-refractivity contribution in [1.82, 2.24) is 0 Å². The molecule has 0 amide bonds. The minimum absolute atomic E-state index is 0.158. The van der Waals surface area contributed by atoms with Gasteiger partial charge in [0.05, 0.1) is 18.8 Å². The Balaban J connectivity index is 1.84. The van der Waals surface area contributed by atoms with Crippen molar-refractivity contribution in [3.05, 3.63) is 28.7 Å². The third-order valence-corrected chi connectivity index (χ3v) is 3.50. The smallest absolute Gasteiger partial charge is 0.119 e. The second kappa shape index (κ2) is 6.22. The van der Waals surface area contributed by atoms with E-state index in [1.165, 1.54) is 0 Å². The van der Waals surface area contributed by atoms with Gasteiger partial charge in [-0.25, -0.2) is 0 Å². The fourth-order valence-electron chi connectivity index (χ4n) is 1.80. The minimum Gasteiger partial charge on any atom is -0.491 e. The van der Waals surface area contributed by atoms with E-state index in [2.05, 4.69) is 15.9 Å². The van der Waals surface area contributed by atoms with Crippen LogP contribution in [0.4, 0.5) is 0 Å². The van der Waals surface area contributed by atoms with Crippen molar-refractivity contribution in [2.24, 2.45) is 0 Å². The molecular weight excluding hydrogens is 312 g/mol. The summed E-state index contributed by atoms with van der Waals surface area (Å²) in [7, 11) is 0. The summed E-state index contributed by atoms with van der Waals surface area (Å²) < 4.78 is 17.9. The summed E-state index contributed by atoms with van der Waals surface area (Å²) in [5.41, 5.74) is -0.906. The Morgan fingerprint density at radius 3 is 2.63 bits per heavy atom. The molecule has 2 atom stereocenters. The fraction of sp³-hybridized carbons (Fsp3) is 0.571. The molecular formula is C14H19BrO4. The van der Waals surface area contributed by atoms with Crippen molar-refractivity contribution < 1.29 is 19.3 Å². The van der Waals surface area contributed by atoms with E-state index >= 15 is 0 Å². The van der Waals surface area contributed by atoms with Crippen molar-refractivity contribution in [3.8, 4) is 5.75 Å². The zero-order valence-electron chi connectivity index (χ0n) is 11.1. The molecule has 1 heterocycles. The summed E-state index contributed by atoms with van der Waals surface area (Å²) >= 11 is 3.37. The van der Waals surface area contributed by atoms with Gasteiger partial charge in [0.1, 0.15) is 24.6 Å². The Kier molecular flexibility index (Phi) is 4.84. The summed E-state index contributed by atoms with van der Waals surface area (Å²) in [6, 6.07) is 7.63. The molecule has 0 saturated carbocycles. The zero-order chi connectivity index (χ0) is 13.9. The third-order valence-electron chi connectivity index (χ3n) is 2.97. The predicted octanol–water partition coefficient (Wildman–Crippen LogP) is 2.38. The predicted molar refractivity (Wildman–Crippen MR) is 75.4 cm³/mol. The molecule has 4 nitrogen and oxygen atoms in total. The number of rotatable bonds is 4. The van der Waals surface area contributed by atoms with Crippen LogP contribution in [0.15, 0.2) is 28.7 Å². The number of ether oxygens (including phenoxy) is 3. The molecule has 0 radical (unpaired) electrons. The van der Waals surface area contributed by atoms with Crippen molar-refractivity contribution in [2.75, 3.05) is 19.8 Å². The SMILES string of the molecule is CC(C)(O)C1COCC(COc2ccc(Br)cc2)O1. The molecule has 2 unspecified atom stereocenters. The highest BCUT2D eigenvalue weighted by atomic mass is 79.9. The fourth-order valence-corrected chi connectivity index (χ4v) is 2.06. The lowest BCUT2D eigenvalue weighted by molar-refractivity contribution is -0.202. The van der Waals surface area contributed by atoms with Gasteiger partial charge in [-0.15, -0.1) is 0 Å². The molecule has 1 aromatic carbocycles. The van der Waals surface area contributed by atoms with Gasteiger partial charge in [-0.3, -0.25) is 0 Å². The second-order valence-electron chi connectivity index (χ2n) is 5.20. The van der Waals surface area contributed by atoms with Crippen LogP contribution < -0.4 is 4.74 Å². The van der Waals surface area contributed by atoms with Crippen LogP contribution in [0.1, 0.15) is 13.8 Å². The molecule has 1 saturated heterocycles. The van der Waals surface area contributed by atoms with E-state index in [-0.39, 0.29) is 12.2 Å². The van der Waals surface area contributed by atoms with E-state index in [0.717, 1.165) is 10.2 Å². The van der Waals surface area contributed by atoms with Gasteiger partial charge in [0, 0.05) is 4.47 Å². The standard InChI is InChI=1S/C14H19BrO4/c1-14(2,16)13-9-17-7-12(19-13)8-18-11-5-3-10(15)4-6-11/h3-6,12-13,16H,7-9H2,1-2H3. The average Bonchev–Trinajstić information content (AvgIpc) is 2.37. The van der Waals surface area contributed by atoms with Gasteiger partial charge in [-0.1, -0.05) is 15.9 Å². The molecule has 0 aromatic heterocycles. The van der Waals surface area contributed by atoms with Crippen LogP contribution in [0, 0.1) is 0 Å². The first kappa shape index (κ1) is 14.8. The number of hydrogen-bond donors (Lipinski definition) is 1. The molecule has 0 spiro atoms. The van der Waals surface area contributed by atoms with E-state index in [1.54, 1.807) is 13.8 Å². The van der Waals surface area contributed by atoms with Gasteiger partial charge < -0.3 is 19.3 Å². The maximum Gasteiger partial charge on any atom is 0.119 e. The monoisotopic (exact) mass is 330 g/mol. The highest BCUT2D eigenvalue weighted by molar-refractivity contribution is 9.10. The van der Waals surface area contributed by atoms with Crippen molar-refractivity contribution >= 4 is 15.9 Å². The first-order valence-corrected chi connectivity index (χ1v) is 7.08. The number of halogens is 1. The quantitative estimate of drug-likeness (QED) is 0.920. The van der Waals surface area contributed by atoms with Gasteiger partial charge in [0.25, 0.3) is 0 Å². The summed E-state index contributed by atoms with van der Waals surface area (Å²) in [6.45, 7) is 4.76. The molecule has 1 fully saturated rings. The van der Waals surface area contributed by atoms with Gasteiger partial charge in [-0.05, 0) is 38.1 Å². The lowest BCUT2D eigenvalue weighted by atomic mass is 10.0. The number of hydrogen-bond acceptors (Lipinski definition) is 4. The van der Waals surface area contributed by atoms with Crippen LogP contribution in [0.5, 0.6) is 5.75 Å². The summed E-state index contributed by atoms with van der Waals surface area (Å²) in [5.74, 6) is 0.789. The van der Waals surface area contributed by atoms with E-state index < -0.39 is 5.60 Å². The van der Waals surface area contributed by atoms with E-state index in [0.29, 0.717) is 19.8 Å². The Hall–Kier alpha value is -0.620. The maximum absolute atomic E-state index is 9.92. The molecule has 19 heavy (non-hydrogen) atoms. The third kappa shape index (κ3) is 4.45. The first-order valence-electron chi connectivity index (χ1n) is 6.29. The van der Waals surface area contributed by atoms with Crippen LogP contribution in [0.25, 0.3) is 0 Å². The van der Waals surface area contributed by atoms with Crippen LogP contribution in [-0.4, -0.2) is 42.7 Å². The summed E-state index contributed by atoms with van der Waals surface area (Å²) in [5, 5.41) is 9.92. The van der Waals surface area contributed by atoms with Crippen molar-refractivity contribution in [2.45, 2.75) is 31.7 Å². The highest BCUT2D eigenvalue weighted by Crippen LogP contribution is 2.21. The molecule has 0 aliphatic carbocycles. The summed E-state index contributed by atoms with van der Waals surface area (Å²) in [6.07, 6.45) is -0.478. The Morgan fingerprint density at radius 1 is 1.32 bits per heavy atom. The topological polar surface area (TPSA) is 47.9 Å². The van der Waals surface area contributed by atoms with Gasteiger partial charge in [0.2, 0.25) is 0 Å². The number of aliphatic hydroxyl groups is 1. The van der Waals surface area contributed by atoms with Crippen LogP contribution in [-0.2, 0) is 9.47 Å². The van der Waals surface area contributed by atoms with E-state index in [9.17, 15) is 5.11 Å². The van der Waals surface area contributed by atoms with Crippen LogP contribution >= 0.6 is 15.9 Å². The number of benzene rings is 1. The van der Waals surface area contributed by atoms with E-state index in [1.807, 2.05) is 24.3 Å². The van der Waals surface area contributed by atoms with Gasteiger partial charge in [0.15, 0.2) is 0 Å². The molecule has 1 aliphatic rings. The molecule has 0 bridgehead atoms. The highest BCUT2D eigenvalue weighted by Gasteiger charge is 2.34. The lowest BCUT2D eigenvalue weighted by Gasteiger charge is -2.36.